The molecule has 138 valence electrons. The number of hydrogen-bond acceptors (Lipinski definition) is 5. The Morgan fingerprint density at radius 3 is 2.62 bits per heavy atom. The van der Waals surface area contributed by atoms with E-state index in [9.17, 15) is 19.2 Å². The molecule has 1 saturated heterocycles. The van der Waals surface area contributed by atoms with E-state index in [1.165, 1.54) is 6.07 Å². The topological polar surface area (TPSA) is 108 Å². The molecule has 26 heavy (non-hydrogen) atoms. The van der Waals surface area contributed by atoms with Crippen LogP contribution in [0.2, 0.25) is 5.02 Å². The van der Waals surface area contributed by atoms with E-state index in [2.05, 4.69) is 22.7 Å². The summed E-state index contributed by atoms with van der Waals surface area (Å²) in [5.74, 6) is -3.36. The highest BCUT2D eigenvalue weighted by Crippen LogP contribution is 2.17. The molecule has 2 rings (SSSR count). The van der Waals surface area contributed by atoms with Crippen LogP contribution in [0.5, 0.6) is 0 Å². The Hall–Kier alpha value is -2.87. The Morgan fingerprint density at radius 1 is 1.27 bits per heavy atom. The predicted molar refractivity (Wildman–Crippen MR) is 94.8 cm³/mol. The van der Waals surface area contributed by atoms with Crippen molar-refractivity contribution in [2.75, 3.05) is 6.54 Å². The number of amides is 5. The monoisotopic (exact) mass is 378 g/mol. The number of hydrazine groups is 1. The first-order chi connectivity index (χ1) is 12.4. The molecule has 0 spiro atoms. The van der Waals surface area contributed by atoms with E-state index >= 15 is 0 Å². The maximum Gasteiger partial charge on any atom is 0.330 e. The number of benzene rings is 1. The first kappa shape index (κ1) is 19.5. The summed E-state index contributed by atoms with van der Waals surface area (Å²) in [6.07, 6.45) is 1.39. The minimum absolute atomic E-state index is 0.0538. The fourth-order valence-electron chi connectivity index (χ4n) is 2.37. The molecule has 9 heteroatoms. The Bertz CT molecular complexity index is 765. The quantitative estimate of drug-likeness (QED) is 0.493. The molecule has 1 heterocycles. The fourth-order valence-corrected chi connectivity index (χ4v) is 2.59. The zero-order valence-corrected chi connectivity index (χ0v) is 14.9. The number of carbonyl (C=O) groups is 4. The van der Waals surface area contributed by atoms with Gasteiger partial charge in [0.05, 0.1) is 10.6 Å². The van der Waals surface area contributed by atoms with Crippen LogP contribution in [0, 0.1) is 5.92 Å². The number of halogens is 1. The van der Waals surface area contributed by atoms with E-state index in [-0.39, 0.29) is 22.8 Å². The first-order valence-electron chi connectivity index (χ1n) is 8.02. The van der Waals surface area contributed by atoms with Gasteiger partial charge in [-0.3, -0.25) is 30.0 Å². The lowest BCUT2D eigenvalue weighted by Crippen LogP contribution is -2.60. The molecule has 1 aromatic carbocycles. The number of carbonyl (C=O) groups excluding carboxylic acids is 4. The second-order valence-electron chi connectivity index (χ2n) is 5.66. The molecular weight excluding hydrogens is 360 g/mol. The van der Waals surface area contributed by atoms with Crippen molar-refractivity contribution >= 4 is 35.4 Å². The van der Waals surface area contributed by atoms with Gasteiger partial charge in [0.25, 0.3) is 5.91 Å². The van der Waals surface area contributed by atoms with Gasteiger partial charge in [-0.1, -0.05) is 43.7 Å². The highest BCUT2D eigenvalue weighted by Gasteiger charge is 2.41. The maximum absolute atomic E-state index is 12.5. The van der Waals surface area contributed by atoms with Crippen LogP contribution >= 0.6 is 11.6 Å². The third-order valence-electron chi connectivity index (χ3n) is 3.79. The molecule has 8 nitrogen and oxygen atoms in total. The van der Waals surface area contributed by atoms with Crippen molar-refractivity contribution in [3.05, 3.63) is 47.1 Å². The van der Waals surface area contributed by atoms with Crippen LogP contribution in [-0.2, 0) is 9.59 Å². The van der Waals surface area contributed by atoms with E-state index in [1.807, 2.05) is 6.92 Å². The number of nitrogens with one attached hydrogen (secondary N) is 3. The van der Waals surface area contributed by atoms with Crippen molar-refractivity contribution in [1.29, 1.82) is 0 Å². The molecule has 1 aliphatic rings. The van der Waals surface area contributed by atoms with Crippen LogP contribution in [0.15, 0.2) is 36.5 Å². The number of urea groups is 1. The second kappa shape index (κ2) is 8.48. The van der Waals surface area contributed by atoms with Gasteiger partial charge in [-0.15, -0.1) is 0 Å². The summed E-state index contributed by atoms with van der Waals surface area (Å²) in [5.41, 5.74) is 4.96. The van der Waals surface area contributed by atoms with Crippen molar-refractivity contribution in [3.63, 3.8) is 0 Å². The lowest BCUT2D eigenvalue weighted by atomic mass is 10.0. The number of rotatable bonds is 7. The number of imide groups is 2. The van der Waals surface area contributed by atoms with Gasteiger partial charge < -0.3 is 5.43 Å². The van der Waals surface area contributed by atoms with Crippen LogP contribution in [-0.4, -0.2) is 35.2 Å². The summed E-state index contributed by atoms with van der Waals surface area (Å²) in [5, 5.41) is 2.37. The molecule has 0 aliphatic carbocycles. The molecule has 1 aromatic rings. The van der Waals surface area contributed by atoms with Gasteiger partial charge in [0.15, 0.2) is 5.92 Å². The van der Waals surface area contributed by atoms with Crippen molar-refractivity contribution in [3.8, 4) is 0 Å². The SMILES string of the molecule is C=C(NNC(=O)c1ccccc1Cl)[C@@H]1C(=O)NC(=O)N(CCCC)C1=O. The normalized spacial score (nSPS) is 16.9. The fraction of sp³-hybridized carbons (Fsp3) is 0.294. The number of hydrogen-bond donors (Lipinski definition) is 3. The smallest absolute Gasteiger partial charge is 0.302 e. The van der Waals surface area contributed by atoms with Crippen molar-refractivity contribution in [2.45, 2.75) is 19.8 Å². The van der Waals surface area contributed by atoms with Crippen LogP contribution in [0.3, 0.4) is 0 Å². The molecule has 0 radical (unpaired) electrons. The van der Waals surface area contributed by atoms with Gasteiger partial charge in [-0.2, -0.15) is 0 Å². The van der Waals surface area contributed by atoms with Gasteiger partial charge in [0.2, 0.25) is 11.8 Å². The number of nitrogens with zero attached hydrogens (tertiary/aromatic N) is 1. The standard InChI is InChI=1S/C17H19ClN4O4/c1-3-4-9-22-16(25)13(15(24)19-17(22)26)10(2)20-21-14(23)11-7-5-6-8-12(11)18/h5-8,13,20H,2-4,9H2,1H3,(H,21,23)(H,19,24,26)/t13-/m1/s1. The summed E-state index contributed by atoms with van der Waals surface area (Å²) in [6, 6.07) is 5.65. The largest absolute Gasteiger partial charge is 0.330 e. The van der Waals surface area contributed by atoms with Crippen molar-refractivity contribution < 1.29 is 19.2 Å². The molecule has 1 aliphatic heterocycles. The Kier molecular flexibility index (Phi) is 6.35. The molecule has 1 fully saturated rings. The van der Waals surface area contributed by atoms with Crippen LogP contribution in [0.4, 0.5) is 4.79 Å². The minimum Gasteiger partial charge on any atom is -0.302 e. The van der Waals surface area contributed by atoms with E-state index in [0.29, 0.717) is 6.42 Å². The van der Waals surface area contributed by atoms with Crippen LogP contribution in [0.1, 0.15) is 30.1 Å². The summed E-state index contributed by atoms with van der Waals surface area (Å²) < 4.78 is 0. The zero-order chi connectivity index (χ0) is 19.3. The van der Waals surface area contributed by atoms with Crippen LogP contribution in [0.25, 0.3) is 0 Å². The van der Waals surface area contributed by atoms with Crippen LogP contribution < -0.4 is 16.2 Å². The summed E-state index contributed by atoms with van der Waals surface area (Å²) >= 11 is 5.94. The van der Waals surface area contributed by atoms with Gasteiger partial charge in [0.1, 0.15) is 0 Å². The molecule has 1 atom stereocenters. The van der Waals surface area contributed by atoms with Gasteiger partial charge in [-0.05, 0) is 18.6 Å². The van der Waals surface area contributed by atoms with Crippen molar-refractivity contribution in [1.82, 2.24) is 21.1 Å². The summed E-state index contributed by atoms with van der Waals surface area (Å²) in [7, 11) is 0. The molecule has 0 unspecified atom stereocenters. The van der Waals surface area contributed by atoms with E-state index < -0.39 is 29.7 Å². The number of unbranched alkanes of at least 4 members (excludes halogenated alkanes) is 1. The second-order valence-corrected chi connectivity index (χ2v) is 6.06. The molecular formula is C17H19ClN4O4. The van der Waals surface area contributed by atoms with E-state index in [4.69, 9.17) is 11.6 Å². The van der Waals surface area contributed by atoms with E-state index in [0.717, 1.165) is 11.3 Å². The average Bonchev–Trinajstić information content (AvgIpc) is 2.59. The molecule has 5 amide bonds. The van der Waals surface area contributed by atoms with Gasteiger partial charge in [-0.25, -0.2) is 4.79 Å². The zero-order valence-electron chi connectivity index (χ0n) is 14.2. The molecule has 0 bridgehead atoms. The van der Waals surface area contributed by atoms with Crippen molar-refractivity contribution in [2.24, 2.45) is 5.92 Å². The highest BCUT2D eigenvalue weighted by molar-refractivity contribution is 6.33. The lowest BCUT2D eigenvalue weighted by molar-refractivity contribution is -0.141. The first-order valence-corrected chi connectivity index (χ1v) is 8.40. The predicted octanol–water partition coefficient (Wildman–Crippen LogP) is 1.58. The minimum atomic E-state index is -1.32. The Labute approximate surface area is 155 Å². The molecule has 0 saturated carbocycles. The maximum atomic E-state index is 12.5. The molecule has 0 aromatic heterocycles. The van der Waals surface area contributed by atoms with Gasteiger partial charge >= 0.3 is 6.03 Å². The summed E-state index contributed by atoms with van der Waals surface area (Å²) in [6.45, 7) is 5.74. The summed E-state index contributed by atoms with van der Waals surface area (Å²) in [4.78, 5) is 49.4. The Balaban J connectivity index is 2.04. The van der Waals surface area contributed by atoms with Gasteiger partial charge in [0, 0.05) is 12.2 Å². The molecule has 3 N–H and O–H groups in total. The third-order valence-corrected chi connectivity index (χ3v) is 4.12. The van der Waals surface area contributed by atoms with E-state index in [1.54, 1.807) is 18.2 Å². The average molecular weight is 379 g/mol. The lowest BCUT2D eigenvalue weighted by Gasteiger charge is -2.31. The third kappa shape index (κ3) is 4.20. The number of barbiturate groups is 1. The Morgan fingerprint density at radius 2 is 1.96 bits per heavy atom. The highest BCUT2D eigenvalue weighted by atomic mass is 35.5.